The van der Waals surface area contributed by atoms with Crippen molar-refractivity contribution in [3.05, 3.63) is 54.1 Å². The molecule has 0 saturated heterocycles. The molecule has 2 N–H and O–H groups in total. The van der Waals surface area contributed by atoms with Crippen LogP contribution in [0.4, 0.5) is 4.79 Å². The topological polar surface area (TPSA) is 85.9 Å². The Labute approximate surface area is 144 Å². The number of benzene rings is 2. The molecule has 2 amide bonds. The van der Waals surface area contributed by atoms with Crippen molar-refractivity contribution in [2.75, 3.05) is 6.79 Å². The molecule has 1 heterocycles. The van der Waals surface area contributed by atoms with Crippen LogP contribution in [-0.2, 0) is 11.3 Å². The second-order valence-corrected chi connectivity index (χ2v) is 5.47. The zero-order valence-corrected chi connectivity index (χ0v) is 13.7. The second-order valence-electron chi connectivity index (χ2n) is 5.47. The van der Waals surface area contributed by atoms with Gasteiger partial charge in [-0.3, -0.25) is 4.79 Å². The average molecular weight is 342 g/mol. The molecule has 7 nitrogen and oxygen atoms in total. The van der Waals surface area contributed by atoms with Crippen LogP contribution >= 0.6 is 0 Å². The lowest BCUT2D eigenvalue weighted by Crippen LogP contribution is -2.45. The summed E-state index contributed by atoms with van der Waals surface area (Å²) in [5.41, 5.74) is 0.872. The molecule has 1 aliphatic rings. The summed E-state index contributed by atoms with van der Waals surface area (Å²) in [5, 5.41) is 5.24. The molecule has 3 rings (SSSR count). The summed E-state index contributed by atoms with van der Waals surface area (Å²) >= 11 is 0. The van der Waals surface area contributed by atoms with E-state index < -0.39 is 12.1 Å². The van der Waals surface area contributed by atoms with Crippen LogP contribution in [0.2, 0.25) is 0 Å². The summed E-state index contributed by atoms with van der Waals surface area (Å²) < 4.78 is 15.6. The highest BCUT2D eigenvalue weighted by atomic mass is 16.7. The Morgan fingerprint density at radius 3 is 2.68 bits per heavy atom. The predicted octanol–water partition coefficient (Wildman–Crippen LogP) is 2.21. The predicted molar refractivity (Wildman–Crippen MR) is 89.5 cm³/mol. The molecular formula is C18H18N2O5. The summed E-state index contributed by atoms with van der Waals surface area (Å²) in [7, 11) is 0. The minimum Gasteiger partial charge on any atom is -0.454 e. The number of hydrogen-bond donors (Lipinski definition) is 2. The molecule has 25 heavy (non-hydrogen) atoms. The minimum atomic E-state index is -0.731. The van der Waals surface area contributed by atoms with Gasteiger partial charge in [-0.05, 0) is 36.8 Å². The minimum absolute atomic E-state index is 0.204. The van der Waals surface area contributed by atoms with E-state index in [0.29, 0.717) is 23.8 Å². The SMILES string of the molecule is C[C@@H](NC(=O)Oc1ccccc1)C(=O)NCc1ccc2c(c1)OCO2. The highest BCUT2D eigenvalue weighted by molar-refractivity contribution is 5.85. The lowest BCUT2D eigenvalue weighted by molar-refractivity contribution is -0.122. The molecule has 1 aliphatic heterocycles. The molecule has 2 aromatic carbocycles. The standard InChI is InChI=1S/C18H18N2O5/c1-12(20-18(22)25-14-5-3-2-4-6-14)17(21)19-10-13-7-8-15-16(9-13)24-11-23-15/h2-9,12H,10-11H2,1H3,(H,19,21)(H,20,22)/t12-/m1/s1. The number of ether oxygens (including phenoxy) is 3. The van der Waals surface area contributed by atoms with Crippen LogP contribution < -0.4 is 24.8 Å². The summed E-state index contributed by atoms with van der Waals surface area (Å²) in [6, 6.07) is 13.4. The van der Waals surface area contributed by atoms with Crippen LogP contribution in [-0.4, -0.2) is 24.8 Å². The normalized spacial score (nSPS) is 13.0. The Balaban J connectivity index is 1.46. The summed E-state index contributed by atoms with van der Waals surface area (Å²) in [5.74, 6) is 1.44. The Hall–Kier alpha value is -3.22. The van der Waals surface area contributed by atoms with E-state index >= 15 is 0 Å². The van der Waals surface area contributed by atoms with Gasteiger partial charge in [0.05, 0.1) is 0 Å². The van der Waals surface area contributed by atoms with Crippen molar-refractivity contribution >= 4 is 12.0 Å². The first-order valence-corrected chi connectivity index (χ1v) is 7.81. The second kappa shape index (κ2) is 7.57. The van der Waals surface area contributed by atoms with Crippen LogP contribution in [0, 0.1) is 0 Å². The number of hydrogen-bond acceptors (Lipinski definition) is 5. The number of para-hydroxylation sites is 1. The van der Waals surface area contributed by atoms with Crippen molar-refractivity contribution in [2.24, 2.45) is 0 Å². The largest absolute Gasteiger partial charge is 0.454 e. The third-order valence-corrected chi connectivity index (χ3v) is 3.59. The Morgan fingerprint density at radius 1 is 1.12 bits per heavy atom. The quantitative estimate of drug-likeness (QED) is 0.870. The van der Waals surface area contributed by atoms with Crippen LogP contribution in [0.3, 0.4) is 0 Å². The van der Waals surface area contributed by atoms with Gasteiger partial charge < -0.3 is 24.8 Å². The zero-order chi connectivity index (χ0) is 17.6. The molecule has 1 atom stereocenters. The number of carbonyl (C=O) groups is 2. The first kappa shape index (κ1) is 16.6. The molecule has 0 saturated carbocycles. The van der Waals surface area contributed by atoms with E-state index in [0.717, 1.165) is 5.56 Å². The fourth-order valence-corrected chi connectivity index (χ4v) is 2.26. The van der Waals surface area contributed by atoms with E-state index in [2.05, 4.69) is 10.6 Å². The van der Waals surface area contributed by atoms with Gasteiger partial charge in [-0.15, -0.1) is 0 Å². The molecule has 7 heteroatoms. The van der Waals surface area contributed by atoms with Gasteiger partial charge in [0.15, 0.2) is 11.5 Å². The van der Waals surface area contributed by atoms with Crippen molar-refractivity contribution in [2.45, 2.75) is 19.5 Å². The average Bonchev–Trinajstić information content (AvgIpc) is 3.08. The van der Waals surface area contributed by atoms with E-state index in [1.54, 1.807) is 37.3 Å². The molecule has 0 radical (unpaired) electrons. The molecular weight excluding hydrogens is 324 g/mol. The van der Waals surface area contributed by atoms with Gasteiger partial charge in [0.1, 0.15) is 11.8 Å². The molecule has 0 fully saturated rings. The van der Waals surface area contributed by atoms with Crippen LogP contribution in [0.5, 0.6) is 17.2 Å². The highest BCUT2D eigenvalue weighted by Gasteiger charge is 2.17. The summed E-state index contributed by atoms with van der Waals surface area (Å²) in [4.78, 5) is 23.9. The van der Waals surface area contributed by atoms with E-state index in [4.69, 9.17) is 14.2 Å². The van der Waals surface area contributed by atoms with E-state index in [1.807, 2.05) is 18.2 Å². The van der Waals surface area contributed by atoms with Crippen LogP contribution in [0.15, 0.2) is 48.5 Å². The molecule has 130 valence electrons. The first-order valence-electron chi connectivity index (χ1n) is 7.81. The molecule has 0 aliphatic carbocycles. The maximum atomic E-state index is 12.1. The van der Waals surface area contributed by atoms with Gasteiger partial charge in [-0.25, -0.2) is 4.79 Å². The number of nitrogens with one attached hydrogen (secondary N) is 2. The van der Waals surface area contributed by atoms with Crippen molar-refractivity contribution < 1.29 is 23.8 Å². The molecule has 0 unspecified atom stereocenters. The van der Waals surface area contributed by atoms with E-state index in [-0.39, 0.29) is 12.7 Å². The summed E-state index contributed by atoms with van der Waals surface area (Å²) in [6.07, 6.45) is -0.683. The molecule has 0 bridgehead atoms. The van der Waals surface area contributed by atoms with E-state index in [1.165, 1.54) is 0 Å². The Morgan fingerprint density at radius 2 is 1.88 bits per heavy atom. The Bertz CT molecular complexity index is 763. The van der Waals surface area contributed by atoms with Crippen molar-refractivity contribution in [1.29, 1.82) is 0 Å². The highest BCUT2D eigenvalue weighted by Crippen LogP contribution is 2.32. The van der Waals surface area contributed by atoms with Gasteiger partial charge in [0.2, 0.25) is 12.7 Å². The summed E-state index contributed by atoms with van der Waals surface area (Å²) in [6.45, 7) is 2.10. The van der Waals surface area contributed by atoms with Gasteiger partial charge in [0, 0.05) is 6.54 Å². The first-order chi connectivity index (χ1) is 12.1. The smallest absolute Gasteiger partial charge is 0.413 e. The lowest BCUT2D eigenvalue weighted by Gasteiger charge is -2.14. The number of carbonyl (C=O) groups excluding carboxylic acids is 2. The van der Waals surface area contributed by atoms with Gasteiger partial charge in [-0.1, -0.05) is 24.3 Å². The van der Waals surface area contributed by atoms with Crippen LogP contribution in [0.25, 0.3) is 0 Å². The maximum Gasteiger partial charge on any atom is 0.413 e. The third-order valence-electron chi connectivity index (χ3n) is 3.59. The molecule has 0 spiro atoms. The number of rotatable bonds is 5. The lowest BCUT2D eigenvalue weighted by atomic mass is 10.2. The third kappa shape index (κ3) is 4.41. The fraction of sp³-hybridized carbons (Fsp3) is 0.222. The Kier molecular flexibility index (Phi) is 5.03. The van der Waals surface area contributed by atoms with Gasteiger partial charge in [0.25, 0.3) is 0 Å². The van der Waals surface area contributed by atoms with E-state index in [9.17, 15) is 9.59 Å². The maximum absolute atomic E-state index is 12.1. The number of fused-ring (bicyclic) bond motifs is 1. The fourth-order valence-electron chi connectivity index (χ4n) is 2.26. The van der Waals surface area contributed by atoms with Crippen molar-refractivity contribution in [1.82, 2.24) is 10.6 Å². The van der Waals surface area contributed by atoms with Crippen molar-refractivity contribution in [3.63, 3.8) is 0 Å². The van der Waals surface area contributed by atoms with Gasteiger partial charge >= 0.3 is 6.09 Å². The van der Waals surface area contributed by atoms with Gasteiger partial charge in [-0.2, -0.15) is 0 Å². The monoisotopic (exact) mass is 342 g/mol. The van der Waals surface area contributed by atoms with Crippen LogP contribution in [0.1, 0.15) is 12.5 Å². The zero-order valence-electron chi connectivity index (χ0n) is 13.7. The van der Waals surface area contributed by atoms with Crippen molar-refractivity contribution in [3.8, 4) is 17.2 Å². The number of amides is 2. The molecule has 2 aromatic rings. The molecule has 0 aromatic heterocycles.